The molecule has 0 aliphatic heterocycles. The largest absolute Gasteiger partial charge is 0.399 e. The Labute approximate surface area is 101 Å². The van der Waals surface area contributed by atoms with E-state index in [-0.39, 0.29) is 5.56 Å². The van der Waals surface area contributed by atoms with E-state index in [0.29, 0.717) is 10.8 Å². The lowest BCUT2D eigenvalue weighted by Gasteiger charge is -2.03. The van der Waals surface area contributed by atoms with Gasteiger partial charge in [-0.1, -0.05) is 0 Å². The molecule has 0 bridgehead atoms. The van der Waals surface area contributed by atoms with Gasteiger partial charge in [-0.3, -0.25) is 10.1 Å². The first-order valence-electron chi connectivity index (χ1n) is 4.85. The Hall–Kier alpha value is -1.95. The van der Waals surface area contributed by atoms with Gasteiger partial charge < -0.3 is 5.73 Å². The summed E-state index contributed by atoms with van der Waals surface area (Å²) in [6, 6.07) is 3.86. The highest BCUT2D eigenvalue weighted by Gasteiger charge is 2.13. The molecule has 4 nitrogen and oxygen atoms in total. The van der Waals surface area contributed by atoms with Crippen molar-refractivity contribution in [1.82, 2.24) is 4.98 Å². The van der Waals surface area contributed by atoms with Gasteiger partial charge in [-0.15, -0.1) is 11.3 Å². The Morgan fingerprint density at radius 1 is 1.53 bits per heavy atom. The molecule has 0 fully saturated rings. The van der Waals surface area contributed by atoms with Crippen LogP contribution in [0.2, 0.25) is 0 Å². The van der Waals surface area contributed by atoms with E-state index in [4.69, 9.17) is 5.73 Å². The monoisotopic (exact) mass is 251 g/mol. The summed E-state index contributed by atoms with van der Waals surface area (Å²) in [4.78, 5) is 16.7. The Kier molecular flexibility index (Phi) is 3.06. The quantitative estimate of drug-likeness (QED) is 0.805. The summed E-state index contributed by atoms with van der Waals surface area (Å²) in [5.74, 6) is -1.16. The van der Waals surface area contributed by atoms with E-state index in [1.165, 1.54) is 23.5 Å². The van der Waals surface area contributed by atoms with Crippen molar-refractivity contribution in [2.24, 2.45) is 0 Å². The number of carbonyl (C=O) groups is 1. The van der Waals surface area contributed by atoms with Gasteiger partial charge >= 0.3 is 0 Å². The fraction of sp³-hybridized carbons (Fsp3) is 0.0909. The second-order valence-electron chi connectivity index (χ2n) is 3.47. The summed E-state index contributed by atoms with van der Waals surface area (Å²) in [6.45, 7) is 1.87. The summed E-state index contributed by atoms with van der Waals surface area (Å²) in [6.07, 6.45) is 1.63. The smallest absolute Gasteiger partial charge is 0.260 e. The number of benzene rings is 1. The Balaban J connectivity index is 2.22. The Morgan fingerprint density at radius 2 is 2.29 bits per heavy atom. The number of nitrogens with zero attached hydrogens (tertiary/aromatic N) is 1. The van der Waals surface area contributed by atoms with Crippen molar-refractivity contribution in [3.05, 3.63) is 40.7 Å². The average Bonchev–Trinajstić information content (AvgIpc) is 2.67. The number of rotatable bonds is 2. The second-order valence-corrected chi connectivity index (χ2v) is 4.70. The van der Waals surface area contributed by atoms with Crippen LogP contribution in [-0.4, -0.2) is 10.9 Å². The molecule has 0 saturated heterocycles. The predicted octanol–water partition coefficient (Wildman–Crippen LogP) is 2.43. The first-order chi connectivity index (χ1) is 8.06. The molecule has 1 heterocycles. The van der Waals surface area contributed by atoms with Crippen molar-refractivity contribution in [3.63, 3.8) is 0 Å². The number of aromatic nitrogens is 1. The zero-order valence-corrected chi connectivity index (χ0v) is 9.84. The van der Waals surface area contributed by atoms with Crippen LogP contribution in [0.15, 0.2) is 24.4 Å². The van der Waals surface area contributed by atoms with Gasteiger partial charge in [-0.25, -0.2) is 9.37 Å². The van der Waals surface area contributed by atoms with Crippen LogP contribution in [0.1, 0.15) is 15.2 Å². The number of halogens is 1. The van der Waals surface area contributed by atoms with Crippen molar-refractivity contribution in [2.75, 3.05) is 11.1 Å². The summed E-state index contributed by atoms with van der Waals surface area (Å²) in [5, 5.41) is 2.96. The van der Waals surface area contributed by atoms with Crippen LogP contribution in [0.3, 0.4) is 0 Å². The molecule has 17 heavy (non-hydrogen) atoms. The van der Waals surface area contributed by atoms with Crippen LogP contribution in [-0.2, 0) is 0 Å². The summed E-state index contributed by atoms with van der Waals surface area (Å²) < 4.78 is 13.4. The summed E-state index contributed by atoms with van der Waals surface area (Å²) in [5.41, 5.74) is 5.76. The molecular weight excluding hydrogens is 241 g/mol. The molecule has 1 amide bonds. The molecule has 2 aromatic rings. The molecule has 0 aliphatic rings. The van der Waals surface area contributed by atoms with Gasteiger partial charge in [-0.2, -0.15) is 0 Å². The molecule has 2 rings (SSSR count). The van der Waals surface area contributed by atoms with Crippen LogP contribution in [0.5, 0.6) is 0 Å². The SMILES string of the molecule is Cc1cnc(NC(=O)c2cc(N)ccc2F)s1. The maximum Gasteiger partial charge on any atom is 0.260 e. The third-order valence-corrected chi connectivity index (χ3v) is 2.90. The summed E-state index contributed by atoms with van der Waals surface area (Å²) >= 11 is 1.32. The molecule has 0 atom stereocenters. The topological polar surface area (TPSA) is 68.0 Å². The highest BCUT2D eigenvalue weighted by Crippen LogP contribution is 2.19. The lowest BCUT2D eigenvalue weighted by molar-refractivity contribution is 0.102. The molecule has 0 saturated carbocycles. The minimum Gasteiger partial charge on any atom is -0.399 e. The van der Waals surface area contributed by atoms with E-state index < -0.39 is 11.7 Å². The fourth-order valence-electron chi connectivity index (χ4n) is 1.29. The number of hydrogen-bond donors (Lipinski definition) is 2. The zero-order chi connectivity index (χ0) is 12.4. The number of nitrogen functional groups attached to an aromatic ring is 1. The molecule has 0 spiro atoms. The Bertz CT molecular complexity index is 568. The number of carbonyl (C=O) groups excluding carboxylic acids is 1. The van der Waals surface area contributed by atoms with Crippen LogP contribution in [0.4, 0.5) is 15.2 Å². The van der Waals surface area contributed by atoms with Gasteiger partial charge in [0, 0.05) is 16.8 Å². The van der Waals surface area contributed by atoms with E-state index in [2.05, 4.69) is 10.3 Å². The van der Waals surface area contributed by atoms with Crippen molar-refractivity contribution >= 4 is 28.1 Å². The van der Waals surface area contributed by atoms with Gasteiger partial charge in [0.1, 0.15) is 5.82 Å². The van der Waals surface area contributed by atoms with Crippen LogP contribution < -0.4 is 11.1 Å². The van der Waals surface area contributed by atoms with Crippen molar-refractivity contribution < 1.29 is 9.18 Å². The number of aryl methyl sites for hydroxylation is 1. The number of nitrogens with two attached hydrogens (primary N) is 1. The minimum absolute atomic E-state index is 0.0853. The van der Waals surface area contributed by atoms with E-state index in [9.17, 15) is 9.18 Å². The molecule has 0 unspecified atom stereocenters. The number of thiazole rings is 1. The summed E-state index contributed by atoms with van der Waals surface area (Å²) in [7, 11) is 0. The number of nitrogens with one attached hydrogen (secondary N) is 1. The highest BCUT2D eigenvalue weighted by molar-refractivity contribution is 7.15. The zero-order valence-electron chi connectivity index (χ0n) is 9.03. The fourth-order valence-corrected chi connectivity index (χ4v) is 1.95. The number of anilines is 2. The molecule has 88 valence electrons. The van der Waals surface area contributed by atoms with E-state index >= 15 is 0 Å². The minimum atomic E-state index is -0.607. The molecule has 3 N–H and O–H groups in total. The van der Waals surface area contributed by atoms with Crippen LogP contribution >= 0.6 is 11.3 Å². The van der Waals surface area contributed by atoms with Crippen molar-refractivity contribution in [3.8, 4) is 0 Å². The van der Waals surface area contributed by atoms with Gasteiger partial charge in [0.15, 0.2) is 5.13 Å². The van der Waals surface area contributed by atoms with Crippen molar-refractivity contribution in [1.29, 1.82) is 0 Å². The van der Waals surface area contributed by atoms with E-state index in [1.54, 1.807) is 6.20 Å². The number of amides is 1. The normalized spacial score (nSPS) is 10.2. The van der Waals surface area contributed by atoms with Crippen LogP contribution in [0, 0.1) is 12.7 Å². The van der Waals surface area contributed by atoms with Crippen LogP contribution in [0.25, 0.3) is 0 Å². The predicted molar refractivity (Wildman–Crippen MR) is 65.6 cm³/mol. The van der Waals surface area contributed by atoms with Gasteiger partial charge in [0.05, 0.1) is 5.56 Å². The lowest BCUT2D eigenvalue weighted by atomic mass is 10.2. The molecule has 0 aliphatic carbocycles. The third-order valence-electron chi connectivity index (χ3n) is 2.08. The van der Waals surface area contributed by atoms with E-state index in [1.807, 2.05) is 6.92 Å². The lowest BCUT2D eigenvalue weighted by Crippen LogP contribution is -2.13. The van der Waals surface area contributed by atoms with E-state index in [0.717, 1.165) is 10.9 Å². The highest BCUT2D eigenvalue weighted by atomic mass is 32.1. The first kappa shape index (κ1) is 11.5. The molecule has 0 radical (unpaired) electrons. The maximum absolute atomic E-state index is 13.4. The average molecular weight is 251 g/mol. The van der Waals surface area contributed by atoms with Gasteiger partial charge in [0.25, 0.3) is 5.91 Å². The molecular formula is C11H10FN3OS. The second kappa shape index (κ2) is 4.50. The first-order valence-corrected chi connectivity index (χ1v) is 5.67. The maximum atomic E-state index is 13.4. The third kappa shape index (κ3) is 2.59. The molecule has 1 aromatic carbocycles. The molecule has 6 heteroatoms. The van der Waals surface area contributed by atoms with Gasteiger partial charge in [-0.05, 0) is 25.1 Å². The van der Waals surface area contributed by atoms with Gasteiger partial charge in [0.2, 0.25) is 0 Å². The standard InChI is InChI=1S/C11H10FN3OS/c1-6-5-14-11(17-6)15-10(16)8-4-7(13)2-3-9(8)12/h2-5H,13H2,1H3,(H,14,15,16). The Morgan fingerprint density at radius 3 is 2.94 bits per heavy atom. The van der Waals surface area contributed by atoms with Crippen molar-refractivity contribution in [2.45, 2.75) is 6.92 Å². The molecule has 1 aromatic heterocycles. The number of hydrogen-bond acceptors (Lipinski definition) is 4.